The zero-order valence-electron chi connectivity index (χ0n) is 17.6. The van der Waals surface area contributed by atoms with Gasteiger partial charge in [-0.1, -0.05) is 90.5 Å². The van der Waals surface area contributed by atoms with E-state index in [0.717, 1.165) is 21.8 Å². The second kappa shape index (κ2) is 7.21. The third-order valence-electron chi connectivity index (χ3n) is 6.43. The number of hydrogen-bond acceptors (Lipinski definition) is 1. The van der Waals surface area contributed by atoms with Crippen molar-refractivity contribution in [2.45, 2.75) is 0 Å². The summed E-state index contributed by atoms with van der Waals surface area (Å²) >= 11 is 8.56. The van der Waals surface area contributed by atoms with Crippen molar-refractivity contribution in [2.24, 2.45) is 0 Å². The van der Waals surface area contributed by atoms with Crippen LogP contribution in [-0.4, -0.2) is 4.57 Å². The molecule has 5 aromatic carbocycles. The number of para-hydroxylation sites is 1. The third-order valence-corrected chi connectivity index (χ3v) is 7.84. The first-order valence-electron chi connectivity index (χ1n) is 11.0. The predicted molar refractivity (Wildman–Crippen MR) is 144 cm³/mol. The lowest BCUT2D eigenvalue weighted by atomic mass is 10.0. The Hall–Kier alpha value is -3.59. The number of nitrogens with zero attached hydrogens (tertiary/aromatic N) is 1. The SMILES string of the molecule is Clc1cc(-c2ccccc2)cc(-n2c3ccccc3c3ccc4c5ccccc5sc4c32)c1. The summed E-state index contributed by atoms with van der Waals surface area (Å²) in [6, 6.07) is 38.7. The molecule has 3 heteroatoms. The average molecular weight is 460 g/mol. The molecule has 0 radical (unpaired) electrons. The van der Waals surface area contributed by atoms with Gasteiger partial charge in [0.25, 0.3) is 0 Å². The first-order chi connectivity index (χ1) is 16.3. The topological polar surface area (TPSA) is 4.93 Å². The minimum Gasteiger partial charge on any atom is -0.308 e. The van der Waals surface area contributed by atoms with Crippen LogP contribution in [0.5, 0.6) is 0 Å². The second-order valence-corrected chi connectivity index (χ2v) is 9.84. The summed E-state index contributed by atoms with van der Waals surface area (Å²) in [4.78, 5) is 0. The van der Waals surface area contributed by atoms with Crippen LogP contribution in [0.25, 0.3) is 58.8 Å². The zero-order valence-corrected chi connectivity index (χ0v) is 19.2. The molecule has 0 bridgehead atoms. The molecule has 0 N–H and O–H groups in total. The predicted octanol–water partition coefficient (Wildman–Crippen LogP) is 9.47. The van der Waals surface area contributed by atoms with Gasteiger partial charge in [-0.3, -0.25) is 0 Å². The van der Waals surface area contributed by atoms with Crippen LogP contribution in [0, 0.1) is 0 Å². The van der Waals surface area contributed by atoms with E-state index in [0.29, 0.717) is 0 Å². The fraction of sp³-hybridized carbons (Fsp3) is 0. The second-order valence-electron chi connectivity index (χ2n) is 8.35. The number of hydrogen-bond donors (Lipinski definition) is 0. The fourth-order valence-corrected chi connectivity index (χ4v) is 6.47. The molecule has 0 amide bonds. The molecular weight excluding hydrogens is 442 g/mol. The Kier molecular flexibility index (Phi) is 4.14. The molecule has 0 saturated carbocycles. The normalized spacial score (nSPS) is 11.8. The van der Waals surface area contributed by atoms with Crippen LogP contribution in [-0.2, 0) is 0 Å². The molecule has 1 nitrogen and oxygen atoms in total. The molecule has 0 spiro atoms. The highest BCUT2D eigenvalue weighted by Crippen LogP contribution is 2.43. The van der Waals surface area contributed by atoms with Gasteiger partial charge in [0.05, 0.1) is 15.7 Å². The van der Waals surface area contributed by atoms with E-state index >= 15 is 0 Å². The van der Waals surface area contributed by atoms with Gasteiger partial charge in [-0.15, -0.1) is 11.3 Å². The summed E-state index contributed by atoms with van der Waals surface area (Å²) in [5.41, 5.74) is 5.80. The van der Waals surface area contributed by atoms with Crippen LogP contribution in [0.4, 0.5) is 0 Å². The summed E-state index contributed by atoms with van der Waals surface area (Å²) in [6.45, 7) is 0. The smallest absolute Gasteiger partial charge is 0.0719 e. The molecule has 7 aromatic rings. The first kappa shape index (κ1) is 18.9. The number of rotatable bonds is 2. The fourth-order valence-electron chi connectivity index (χ4n) is 5.00. The van der Waals surface area contributed by atoms with Crippen molar-refractivity contribution in [1.82, 2.24) is 4.57 Å². The molecule has 2 aromatic heterocycles. The molecule has 0 unspecified atom stereocenters. The van der Waals surface area contributed by atoms with Crippen LogP contribution < -0.4 is 0 Å². The minimum absolute atomic E-state index is 0.737. The molecule has 0 aliphatic heterocycles. The third kappa shape index (κ3) is 2.85. The van der Waals surface area contributed by atoms with Crippen molar-refractivity contribution >= 4 is 64.9 Å². The molecule has 0 atom stereocenters. The van der Waals surface area contributed by atoms with E-state index in [1.807, 2.05) is 23.5 Å². The van der Waals surface area contributed by atoms with Crippen molar-refractivity contribution in [2.75, 3.05) is 0 Å². The lowest BCUT2D eigenvalue weighted by Crippen LogP contribution is -1.95. The first-order valence-corrected chi connectivity index (χ1v) is 12.2. The molecule has 2 heterocycles. The Labute approximate surface area is 200 Å². The minimum atomic E-state index is 0.737. The van der Waals surface area contributed by atoms with Gasteiger partial charge in [0.2, 0.25) is 0 Å². The van der Waals surface area contributed by atoms with Crippen molar-refractivity contribution in [3.8, 4) is 16.8 Å². The number of halogens is 1. The van der Waals surface area contributed by atoms with E-state index in [2.05, 4.69) is 102 Å². The number of thiophene rings is 1. The van der Waals surface area contributed by atoms with Gasteiger partial charge in [-0.2, -0.15) is 0 Å². The van der Waals surface area contributed by atoms with Crippen LogP contribution >= 0.6 is 22.9 Å². The molecule has 156 valence electrons. The average Bonchev–Trinajstić information content (AvgIpc) is 3.40. The van der Waals surface area contributed by atoms with Gasteiger partial charge < -0.3 is 4.57 Å². The van der Waals surface area contributed by atoms with Crippen molar-refractivity contribution in [3.05, 3.63) is 114 Å². The Morgan fingerprint density at radius 1 is 0.576 bits per heavy atom. The van der Waals surface area contributed by atoms with Gasteiger partial charge in [0.15, 0.2) is 0 Å². The van der Waals surface area contributed by atoms with Crippen LogP contribution in [0.2, 0.25) is 5.02 Å². The Balaban J connectivity index is 1.65. The highest BCUT2D eigenvalue weighted by molar-refractivity contribution is 7.26. The van der Waals surface area contributed by atoms with Gasteiger partial charge in [-0.05, 0) is 41.5 Å². The molecule has 0 aliphatic carbocycles. The summed E-state index contributed by atoms with van der Waals surface area (Å²) in [6.07, 6.45) is 0. The van der Waals surface area contributed by atoms with E-state index in [1.165, 1.54) is 42.0 Å². The zero-order chi connectivity index (χ0) is 21.9. The van der Waals surface area contributed by atoms with E-state index in [9.17, 15) is 0 Å². The largest absolute Gasteiger partial charge is 0.308 e. The van der Waals surface area contributed by atoms with Crippen LogP contribution in [0.3, 0.4) is 0 Å². The lowest BCUT2D eigenvalue weighted by Gasteiger charge is -2.12. The Morgan fingerprint density at radius 3 is 2.18 bits per heavy atom. The van der Waals surface area contributed by atoms with E-state index < -0.39 is 0 Å². The Morgan fingerprint density at radius 2 is 1.30 bits per heavy atom. The van der Waals surface area contributed by atoms with Crippen molar-refractivity contribution < 1.29 is 0 Å². The van der Waals surface area contributed by atoms with Gasteiger partial charge >= 0.3 is 0 Å². The molecular formula is C30H18ClNS. The monoisotopic (exact) mass is 459 g/mol. The van der Waals surface area contributed by atoms with Crippen molar-refractivity contribution in [3.63, 3.8) is 0 Å². The standard InChI is InChI=1S/C30H18ClNS/c31-21-16-20(19-8-2-1-3-9-19)17-22(18-21)32-27-12-6-4-10-23(27)25-14-15-26-24-11-5-7-13-28(24)33-30(26)29(25)32/h1-18H. The quantitative estimate of drug-likeness (QED) is 0.242. The summed E-state index contributed by atoms with van der Waals surface area (Å²) in [7, 11) is 0. The van der Waals surface area contributed by atoms with Gasteiger partial charge in [-0.25, -0.2) is 0 Å². The summed E-state index contributed by atoms with van der Waals surface area (Å²) < 4.78 is 5.01. The number of aromatic nitrogens is 1. The molecule has 7 rings (SSSR count). The maximum Gasteiger partial charge on any atom is 0.0719 e. The number of fused-ring (bicyclic) bond motifs is 7. The molecule has 0 fully saturated rings. The van der Waals surface area contributed by atoms with Crippen LogP contribution in [0.1, 0.15) is 0 Å². The highest BCUT2D eigenvalue weighted by Gasteiger charge is 2.18. The van der Waals surface area contributed by atoms with Gasteiger partial charge in [0.1, 0.15) is 0 Å². The lowest BCUT2D eigenvalue weighted by molar-refractivity contribution is 1.19. The van der Waals surface area contributed by atoms with E-state index in [1.54, 1.807) is 0 Å². The number of benzene rings is 5. The van der Waals surface area contributed by atoms with Crippen LogP contribution in [0.15, 0.2) is 109 Å². The van der Waals surface area contributed by atoms with E-state index in [4.69, 9.17) is 11.6 Å². The maximum atomic E-state index is 6.69. The Bertz CT molecular complexity index is 1830. The maximum absolute atomic E-state index is 6.69. The molecule has 0 aliphatic rings. The highest BCUT2D eigenvalue weighted by atomic mass is 35.5. The molecule has 33 heavy (non-hydrogen) atoms. The van der Waals surface area contributed by atoms with E-state index in [-0.39, 0.29) is 0 Å². The van der Waals surface area contributed by atoms with Crippen molar-refractivity contribution in [1.29, 1.82) is 0 Å². The molecule has 0 saturated heterocycles. The summed E-state index contributed by atoms with van der Waals surface area (Å²) in [5, 5.41) is 5.88. The summed E-state index contributed by atoms with van der Waals surface area (Å²) in [5.74, 6) is 0. The van der Waals surface area contributed by atoms with Gasteiger partial charge in [0, 0.05) is 37.0 Å².